The zero-order valence-corrected chi connectivity index (χ0v) is 18.6. The van der Waals surface area contributed by atoms with Gasteiger partial charge in [-0.25, -0.2) is 0 Å². The molecule has 0 saturated carbocycles. The summed E-state index contributed by atoms with van der Waals surface area (Å²) in [5, 5.41) is 10.8. The van der Waals surface area contributed by atoms with Gasteiger partial charge in [0, 0.05) is 35.5 Å². The van der Waals surface area contributed by atoms with Crippen molar-refractivity contribution in [2.75, 3.05) is 16.3 Å². The van der Waals surface area contributed by atoms with Crippen molar-refractivity contribution in [3.63, 3.8) is 0 Å². The maximum Gasteiger partial charge on any atom is 0.248 e. The predicted octanol–water partition coefficient (Wildman–Crippen LogP) is 4.33. The van der Waals surface area contributed by atoms with Crippen LogP contribution in [0.3, 0.4) is 0 Å². The number of allylic oxidation sites excluding steroid dienone is 1. The number of carbonyl (C=O) groups is 2. The van der Waals surface area contributed by atoms with E-state index in [1.165, 1.54) is 0 Å². The summed E-state index contributed by atoms with van der Waals surface area (Å²) in [6.45, 7) is 4.03. The molecule has 2 heterocycles. The summed E-state index contributed by atoms with van der Waals surface area (Å²) in [7, 11) is 0. The van der Waals surface area contributed by atoms with Crippen molar-refractivity contribution in [1.29, 1.82) is 5.26 Å². The number of nitrogens with two attached hydrogens (primary N) is 1. The lowest BCUT2D eigenvalue weighted by Crippen LogP contribution is -2.52. The smallest absolute Gasteiger partial charge is 0.248 e. The molecule has 2 N–H and O–H groups in total. The molecule has 0 radical (unpaired) electrons. The highest BCUT2D eigenvalue weighted by Crippen LogP contribution is 2.57. The molecule has 1 aliphatic carbocycles. The number of anilines is 2. The predicted molar refractivity (Wildman–Crippen MR) is 127 cm³/mol. The number of benzene rings is 2. The molecule has 0 saturated heterocycles. The first-order valence-electron chi connectivity index (χ1n) is 10.7. The van der Waals surface area contributed by atoms with Gasteiger partial charge in [-0.2, -0.15) is 5.26 Å². The number of hydrogen-bond acceptors (Lipinski definition) is 5. The van der Waals surface area contributed by atoms with Crippen LogP contribution in [0.5, 0.6) is 0 Å². The topological polar surface area (TPSA) is 90.4 Å². The molecule has 33 heavy (non-hydrogen) atoms. The summed E-state index contributed by atoms with van der Waals surface area (Å²) in [4.78, 5) is 31.0. The summed E-state index contributed by atoms with van der Waals surface area (Å²) < 4.78 is 0. The largest absolute Gasteiger partial charge is 0.384 e. The third-order valence-corrected chi connectivity index (χ3v) is 6.90. The van der Waals surface area contributed by atoms with E-state index in [0.29, 0.717) is 52.5 Å². The van der Waals surface area contributed by atoms with Crippen LogP contribution < -0.4 is 15.5 Å². The Morgan fingerprint density at radius 3 is 2.52 bits per heavy atom. The van der Waals surface area contributed by atoms with Crippen LogP contribution in [0.4, 0.5) is 11.4 Å². The number of amides is 1. The summed E-state index contributed by atoms with van der Waals surface area (Å²) in [6, 6.07) is 16.6. The average Bonchev–Trinajstić information content (AvgIpc) is 3.05. The first-order valence-corrected chi connectivity index (χ1v) is 11.1. The van der Waals surface area contributed by atoms with E-state index in [-0.39, 0.29) is 29.6 Å². The molecule has 2 aromatic carbocycles. The van der Waals surface area contributed by atoms with Crippen LogP contribution in [0.25, 0.3) is 0 Å². The number of hydrogen-bond donors (Lipinski definition) is 1. The molecule has 0 unspecified atom stereocenters. The van der Waals surface area contributed by atoms with Gasteiger partial charge in [0.05, 0.1) is 16.3 Å². The zero-order valence-electron chi connectivity index (χ0n) is 17.8. The first-order chi connectivity index (χ1) is 16.0. The van der Waals surface area contributed by atoms with Crippen LogP contribution in [0, 0.1) is 11.3 Å². The van der Waals surface area contributed by atoms with Gasteiger partial charge in [0.25, 0.3) is 0 Å². The van der Waals surface area contributed by atoms with E-state index in [2.05, 4.69) is 12.6 Å². The molecule has 2 aliphatic heterocycles. The van der Waals surface area contributed by atoms with Gasteiger partial charge in [-0.15, -0.1) is 6.58 Å². The van der Waals surface area contributed by atoms with Crippen molar-refractivity contribution in [2.45, 2.75) is 24.7 Å². The van der Waals surface area contributed by atoms with E-state index in [1.807, 2.05) is 24.3 Å². The van der Waals surface area contributed by atoms with Gasteiger partial charge >= 0.3 is 0 Å². The van der Waals surface area contributed by atoms with E-state index >= 15 is 0 Å². The molecule has 1 atom stereocenters. The Morgan fingerprint density at radius 2 is 1.82 bits per heavy atom. The summed E-state index contributed by atoms with van der Waals surface area (Å²) in [5.41, 5.74) is 7.90. The number of para-hydroxylation sites is 2. The molecule has 0 aromatic heterocycles. The lowest BCUT2D eigenvalue weighted by Gasteiger charge is -2.44. The zero-order chi connectivity index (χ0) is 23.3. The van der Waals surface area contributed by atoms with Gasteiger partial charge in [-0.1, -0.05) is 48.0 Å². The van der Waals surface area contributed by atoms with Gasteiger partial charge in [-0.05, 0) is 31.0 Å². The molecular formula is C26H21ClN4O2. The van der Waals surface area contributed by atoms with Gasteiger partial charge in [0.15, 0.2) is 5.78 Å². The molecule has 2 aromatic rings. The number of carbonyl (C=O) groups excluding carboxylic acids is 2. The quantitative estimate of drug-likeness (QED) is 0.694. The number of halogens is 1. The molecular weight excluding hydrogens is 436 g/mol. The van der Waals surface area contributed by atoms with E-state index in [9.17, 15) is 14.9 Å². The molecule has 164 valence electrons. The average molecular weight is 457 g/mol. The Bertz CT molecular complexity index is 1340. The Labute approximate surface area is 196 Å². The fourth-order valence-corrected chi connectivity index (χ4v) is 5.57. The molecule has 7 heteroatoms. The van der Waals surface area contributed by atoms with Crippen molar-refractivity contribution in [2.24, 2.45) is 5.73 Å². The summed E-state index contributed by atoms with van der Waals surface area (Å²) in [5.74, 6) is -0.399. The van der Waals surface area contributed by atoms with Crippen molar-refractivity contribution < 1.29 is 9.59 Å². The third kappa shape index (κ3) is 2.66. The van der Waals surface area contributed by atoms with E-state index in [0.717, 1.165) is 0 Å². The maximum absolute atomic E-state index is 14.2. The van der Waals surface area contributed by atoms with Crippen molar-refractivity contribution in [3.8, 4) is 6.07 Å². The molecule has 1 amide bonds. The van der Waals surface area contributed by atoms with Crippen molar-refractivity contribution in [1.82, 2.24) is 0 Å². The normalized spacial score (nSPS) is 21.9. The number of rotatable bonds is 3. The van der Waals surface area contributed by atoms with E-state index in [1.54, 1.807) is 40.1 Å². The second-order valence-corrected chi connectivity index (χ2v) is 8.64. The minimum Gasteiger partial charge on any atom is -0.384 e. The van der Waals surface area contributed by atoms with Crippen molar-refractivity contribution in [3.05, 3.63) is 94.4 Å². The standard InChI is InChI=1S/C26H21ClN4O2/c1-2-14-30-19-10-5-3-8-16(19)26(25(30)33)17(15-28)24(29)31(20-11-6-4-9-18(20)27)21-12-7-13-22(32)23(21)26/h2-6,8-11H,1,7,12-14,29H2/t26-/m0/s1. The van der Waals surface area contributed by atoms with Crippen molar-refractivity contribution >= 4 is 34.7 Å². The monoisotopic (exact) mass is 456 g/mol. The second-order valence-electron chi connectivity index (χ2n) is 8.23. The lowest BCUT2D eigenvalue weighted by molar-refractivity contribution is -0.124. The number of nitrogens with zero attached hydrogens (tertiary/aromatic N) is 3. The molecule has 0 fully saturated rings. The minimum absolute atomic E-state index is 0.0421. The lowest BCUT2D eigenvalue weighted by atomic mass is 9.64. The summed E-state index contributed by atoms with van der Waals surface area (Å²) in [6.07, 6.45) is 3.08. The second kappa shape index (κ2) is 7.65. The fourth-order valence-electron chi connectivity index (χ4n) is 5.35. The Hall–Kier alpha value is -3.82. The fraction of sp³-hybridized carbons (Fsp3) is 0.192. The number of ketones is 1. The van der Waals surface area contributed by atoms with Gasteiger partial charge in [0.1, 0.15) is 17.3 Å². The molecule has 6 nitrogen and oxygen atoms in total. The van der Waals surface area contributed by atoms with Gasteiger partial charge in [-0.3, -0.25) is 14.5 Å². The maximum atomic E-state index is 14.2. The van der Waals surface area contributed by atoms with E-state index in [4.69, 9.17) is 17.3 Å². The third-order valence-electron chi connectivity index (χ3n) is 6.58. The van der Waals surface area contributed by atoms with Gasteiger partial charge in [0.2, 0.25) is 5.91 Å². The number of fused-ring (bicyclic) bond motifs is 3. The Morgan fingerprint density at radius 1 is 1.12 bits per heavy atom. The molecule has 3 aliphatic rings. The Kier molecular flexibility index (Phi) is 4.88. The van der Waals surface area contributed by atoms with Crippen LogP contribution in [-0.4, -0.2) is 18.2 Å². The highest BCUT2D eigenvalue weighted by Gasteiger charge is 2.62. The van der Waals surface area contributed by atoms with Crippen LogP contribution in [-0.2, 0) is 15.0 Å². The number of Topliss-reactive ketones (excluding diaryl/α,β-unsaturated/α-hetero) is 1. The highest BCUT2D eigenvalue weighted by atomic mass is 35.5. The van der Waals surface area contributed by atoms with Crippen LogP contribution in [0.2, 0.25) is 5.02 Å². The van der Waals surface area contributed by atoms with Crippen LogP contribution >= 0.6 is 11.6 Å². The van der Waals surface area contributed by atoms with E-state index < -0.39 is 5.41 Å². The SMILES string of the molecule is C=CCN1C(=O)[C@]2(C(C#N)=C(N)N(c3ccccc3Cl)C3=C2C(=O)CCC3)c2ccccc21. The first kappa shape index (κ1) is 21.0. The molecule has 1 spiro atoms. The number of nitriles is 1. The summed E-state index contributed by atoms with van der Waals surface area (Å²) >= 11 is 6.51. The molecule has 0 bridgehead atoms. The highest BCUT2D eigenvalue weighted by molar-refractivity contribution is 6.33. The van der Waals surface area contributed by atoms with Crippen LogP contribution in [0.1, 0.15) is 24.8 Å². The van der Waals surface area contributed by atoms with Gasteiger partial charge < -0.3 is 10.6 Å². The minimum atomic E-state index is -1.58. The molecule has 5 rings (SSSR count). The Balaban J connectivity index is 1.90. The van der Waals surface area contributed by atoms with Crippen LogP contribution in [0.15, 0.2) is 83.9 Å².